The summed E-state index contributed by atoms with van der Waals surface area (Å²) in [5.41, 5.74) is 2.00. The molecule has 2 heterocycles. The summed E-state index contributed by atoms with van der Waals surface area (Å²) in [5.74, 6) is 0. The van der Waals surface area contributed by atoms with Crippen LogP contribution in [0.4, 0.5) is 0 Å². The lowest BCUT2D eigenvalue weighted by Crippen LogP contribution is -2.16. The van der Waals surface area contributed by atoms with E-state index in [1.807, 2.05) is 24.7 Å². The largest absolute Gasteiger partial charge is 0.307 e. The summed E-state index contributed by atoms with van der Waals surface area (Å²) >= 11 is 4.73. The molecule has 0 fully saturated rings. The summed E-state index contributed by atoms with van der Waals surface area (Å²) < 4.78 is 4.61. The van der Waals surface area contributed by atoms with E-state index >= 15 is 0 Å². The molecular weight excluding hydrogens is 290 g/mol. The lowest BCUT2D eigenvalue weighted by Gasteiger charge is -2.05. The molecule has 16 heavy (non-hydrogen) atoms. The Bertz CT molecular complexity index is 555. The van der Waals surface area contributed by atoms with E-state index in [0.717, 1.165) is 22.4 Å². The molecule has 2 aromatic heterocycles. The summed E-state index contributed by atoms with van der Waals surface area (Å²) in [6.07, 6.45) is 1.81. The SMILES string of the molecule is CCn1nc(C)c(Br)c1Cn1ccsc1=O. The van der Waals surface area contributed by atoms with Gasteiger partial charge in [0, 0.05) is 18.1 Å². The minimum atomic E-state index is 0.0633. The van der Waals surface area contributed by atoms with Gasteiger partial charge in [0.2, 0.25) is 0 Å². The van der Waals surface area contributed by atoms with Gasteiger partial charge < -0.3 is 0 Å². The van der Waals surface area contributed by atoms with Crippen molar-refractivity contribution in [3.05, 3.63) is 37.1 Å². The van der Waals surface area contributed by atoms with Crippen LogP contribution in [0.25, 0.3) is 0 Å². The molecule has 0 saturated carbocycles. The van der Waals surface area contributed by atoms with Crippen molar-refractivity contribution in [2.75, 3.05) is 0 Å². The molecule has 86 valence electrons. The van der Waals surface area contributed by atoms with Gasteiger partial charge in [0.05, 0.1) is 22.4 Å². The Balaban J connectivity index is 2.41. The smallest absolute Gasteiger partial charge is 0.300 e. The predicted octanol–water partition coefficient (Wildman–Crippen LogP) is 2.25. The van der Waals surface area contributed by atoms with Gasteiger partial charge in [0.25, 0.3) is 0 Å². The summed E-state index contributed by atoms with van der Waals surface area (Å²) in [4.78, 5) is 11.5. The summed E-state index contributed by atoms with van der Waals surface area (Å²) in [5, 5.41) is 6.20. The third-order valence-corrected chi connectivity index (χ3v) is 4.14. The second-order valence-electron chi connectivity index (χ2n) is 3.46. The Labute approximate surface area is 106 Å². The van der Waals surface area contributed by atoms with Crippen LogP contribution in [0, 0.1) is 6.92 Å². The van der Waals surface area contributed by atoms with Gasteiger partial charge in [-0.25, -0.2) is 0 Å². The van der Waals surface area contributed by atoms with Crippen molar-refractivity contribution in [1.82, 2.24) is 14.3 Å². The summed E-state index contributed by atoms with van der Waals surface area (Å²) in [6, 6.07) is 0. The number of aryl methyl sites for hydroxylation is 2. The van der Waals surface area contributed by atoms with Gasteiger partial charge in [-0.1, -0.05) is 11.3 Å². The molecule has 2 rings (SSSR count). The van der Waals surface area contributed by atoms with Crippen LogP contribution in [0.3, 0.4) is 0 Å². The maximum absolute atomic E-state index is 11.5. The van der Waals surface area contributed by atoms with Gasteiger partial charge in [-0.05, 0) is 29.8 Å². The topological polar surface area (TPSA) is 39.8 Å². The molecule has 0 atom stereocenters. The molecule has 0 amide bonds. The van der Waals surface area contributed by atoms with Gasteiger partial charge in [-0.15, -0.1) is 0 Å². The minimum absolute atomic E-state index is 0.0633. The van der Waals surface area contributed by atoms with Crippen molar-refractivity contribution < 1.29 is 0 Å². The Morgan fingerprint density at radius 1 is 1.56 bits per heavy atom. The summed E-state index contributed by atoms with van der Waals surface area (Å²) in [7, 11) is 0. The molecule has 0 aliphatic heterocycles. The maximum atomic E-state index is 11.5. The Kier molecular flexibility index (Phi) is 3.30. The van der Waals surface area contributed by atoms with Gasteiger partial charge in [0.15, 0.2) is 0 Å². The highest BCUT2D eigenvalue weighted by molar-refractivity contribution is 9.10. The molecule has 0 spiro atoms. The van der Waals surface area contributed by atoms with Crippen LogP contribution in [0.15, 0.2) is 20.8 Å². The van der Waals surface area contributed by atoms with E-state index in [4.69, 9.17) is 0 Å². The lowest BCUT2D eigenvalue weighted by atomic mass is 10.3. The highest BCUT2D eigenvalue weighted by Crippen LogP contribution is 2.21. The molecule has 0 unspecified atom stereocenters. The second kappa shape index (κ2) is 4.55. The molecule has 0 aromatic carbocycles. The normalized spacial score (nSPS) is 10.9. The molecule has 0 N–H and O–H groups in total. The van der Waals surface area contributed by atoms with Crippen LogP contribution in [0.1, 0.15) is 18.3 Å². The van der Waals surface area contributed by atoms with Crippen molar-refractivity contribution in [1.29, 1.82) is 0 Å². The zero-order chi connectivity index (χ0) is 11.7. The number of aromatic nitrogens is 3. The minimum Gasteiger partial charge on any atom is -0.300 e. The van der Waals surface area contributed by atoms with Gasteiger partial charge in [-0.3, -0.25) is 14.0 Å². The van der Waals surface area contributed by atoms with Crippen LogP contribution in [0.2, 0.25) is 0 Å². The zero-order valence-corrected chi connectivity index (χ0v) is 11.5. The first-order valence-electron chi connectivity index (χ1n) is 4.99. The van der Waals surface area contributed by atoms with E-state index in [-0.39, 0.29) is 4.87 Å². The van der Waals surface area contributed by atoms with E-state index in [2.05, 4.69) is 21.0 Å². The molecule has 0 aliphatic carbocycles. The van der Waals surface area contributed by atoms with Crippen LogP contribution in [-0.2, 0) is 13.1 Å². The lowest BCUT2D eigenvalue weighted by molar-refractivity contribution is 0.594. The van der Waals surface area contributed by atoms with Gasteiger partial charge in [-0.2, -0.15) is 5.10 Å². The first-order valence-corrected chi connectivity index (χ1v) is 6.66. The van der Waals surface area contributed by atoms with Crippen molar-refractivity contribution in [2.45, 2.75) is 26.9 Å². The van der Waals surface area contributed by atoms with Gasteiger partial charge in [0.1, 0.15) is 0 Å². The number of halogens is 1. The number of nitrogens with zero attached hydrogens (tertiary/aromatic N) is 3. The summed E-state index contributed by atoms with van der Waals surface area (Å²) in [6.45, 7) is 5.37. The zero-order valence-electron chi connectivity index (χ0n) is 9.11. The third-order valence-electron chi connectivity index (χ3n) is 2.42. The van der Waals surface area contributed by atoms with Crippen molar-refractivity contribution >= 4 is 27.3 Å². The van der Waals surface area contributed by atoms with Crippen LogP contribution >= 0.6 is 27.3 Å². The monoisotopic (exact) mass is 301 g/mol. The molecule has 2 aromatic rings. The molecular formula is C10H12BrN3OS. The third kappa shape index (κ3) is 1.99. The van der Waals surface area contributed by atoms with Crippen LogP contribution in [-0.4, -0.2) is 14.3 Å². The number of rotatable bonds is 3. The molecule has 0 bridgehead atoms. The van der Waals surface area contributed by atoms with Crippen LogP contribution in [0.5, 0.6) is 0 Å². The Morgan fingerprint density at radius 2 is 2.31 bits per heavy atom. The average molecular weight is 302 g/mol. The van der Waals surface area contributed by atoms with E-state index in [1.54, 1.807) is 9.95 Å². The average Bonchev–Trinajstić information content (AvgIpc) is 2.78. The molecule has 0 aliphatic rings. The van der Waals surface area contributed by atoms with Crippen molar-refractivity contribution in [2.24, 2.45) is 0 Å². The number of hydrogen-bond acceptors (Lipinski definition) is 3. The maximum Gasteiger partial charge on any atom is 0.307 e. The predicted molar refractivity (Wildman–Crippen MR) is 68.0 cm³/mol. The Morgan fingerprint density at radius 3 is 2.88 bits per heavy atom. The van der Waals surface area contributed by atoms with Crippen molar-refractivity contribution in [3.8, 4) is 0 Å². The highest BCUT2D eigenvalue weighted by Gasteiger charge is 2.12. The van der Waals surface area contributed by atoms with E-state index in [0.29, 0.717) is 6.54 Å². The molecule has 6 heteroatoms. The van der Waals surface area contributed by atoms with E-state index in [9.17, 15) is 4.79 Å². The van der Waals surface area contributed by atoms with Gasteiger partial charge >= 0.3 is 4.87 Å². The standard InChI is InChI=1S/C10H12BrN3OS/c1-3-14-8(9(11)7(2)12-14)6-13-4-5-16-10(13)15/h4-5H,3,6H2,1-2H3. The highest BCUT2D eigenvalue weighted by atomic mass is 79.9. The van der Waals surface area contributed by atoms with E-state index < -0.39 is 0 Å². The quantitative estimate of drug-likeness (QED) is 0.872. The fraction of sp³-hybridized carbons (Fsp3) is 0.400. The Hall–Kier alpha value is -0.880. The fourth-order valence-electron chi connectivity index (χ4n) is 1.59. The molecule has 4 nitrogen and oxygen atoms in total. The number of hydrogen-bond donors (Lipinski definition) is 0. The fourth-order valence-corrected chi connectivity index (χ4v) is 2.58. The van der Waals surface area contributed by atoms with Crippen LogP contribution < -0.4 is 4.87 Å². The first kappa shape index (κ1) is 11.6. The molecule has 0 radical (unpaired) electrons. The van der Waals surface area contributed by atoms with E-state index in [1.165, 1.54) is 11.3 Å². The first-order chi connectivity index (χ1) is 7.63. The molecule has 0 saturated heterocycles. The second-order valence-corrected chi connectivity index (χ2v) is 5.11. The van der Waals surface area contributed by atoms with Crippen molar-refractivity contribution in [3.63, 3.8) is 0 Å². The number of thiazole rings is 1.